The molecule has 1 N–H and O–H groups in total. The second kappa shape index (κ2) is 9.48. The van der Waals surface area contributed by atoms with Crippen LogP contribution in [0.1, 0.15) is 21.5 Å². The number of ether oxygens (including phenoxy) is 1. The fraction of sp³-hybridized carbons (Fsp3) is 0.0476. The molecule has 0 unspecified atom stereocenters. The van der Waals surface area contributed by atoms with Gasteiger partial charge < -0.3 is 4.74 Å². The Kier molecular flexibility index (Phi) is 6.79. The summed E-state index contributed by atoms with van der Waals surface area (Å²) in [4.78, 5) is 12.1. The molecule has 0 bridgehead atoms. The molecule has 0 heterocycles. The first-order valence-electron chi connectivity index (χ1n) is 8.17. The summed E-state index contributed by atoms with van der Waals surface area (Å²) in [6, 6.07) is 22.6. The highest BCUT2D eigenvalue weighted by Gasteiger charge is 2.04. The topological polar surface area (TPSA) is 50.7 Å². The minimum atomic E-state index is -0.271. The molecule has 0 saturated carbocycles. The van der Waals surface area contributed by atoms with E-state index in [1.54, 1.807) is 18.3 Å². The molecule has 0 aliphatic carbocycles. The van der Waals surface area contributed by atoms with E-state index < -0.39 is 0 Å². The summed E-state index contributed by atoms with van der Waals surface area (Å²) in [7, 11) is 0. The third-order valence-electron chi connectivity index (χ3n) is 3.70. The van der Waals surface area contributed by atoms with Gasteiger partial charge >= 0.3 is 0 Å². The van der Waals surface area contributed by atoms with Gasteiger partial charge in [0, 0.05) is 20.1 Å². The van der Waals surface area contributed by atoms with Crippen LogP contribution in [0.15, 0.2) is 86.8 Å². The number of carbonyl (C=O) groups is 1. The lowest BCUT2D eigenvalue weighted by Gasteiger charge is -2.09. The third kappa shape index (κ3) is 5.77. The number of hydrazone groups is 1. The maximum absolute atomic E-state index is 12.1. The first-order chi connectivity index (χ1) is 13.1. The molecule has 3 aromatic carbocycles. The van der Waals surface area contributed by atoms with Gasteiger partial charge in [-0.3, -0.25) is 4.79 Å². The second-order valence-electron chi connectivity index (χ2n) is 5.66. The van der Waals surface area contributed by atoms with Gasteiger partial charge in [0.2, 0.25) is 0 Å². The summed E-state index contributed by atoms with van der Waals surface area (Å²) in [6.45, 7) is 0.448. The van der Waals surface area contributed by atoms with Crippen molar-refractivity contribution in [2.45, 2.75) is 6.61 Å². The number of amides is 1. The molecule has 3 aromatic rings. The Morgan fingerprint density at radius 2 is 1.56 bits per heavy atom. The van der Waals surface area contributed by atoms with Crippen LogP contribution in [0.5, 0.6) is 5.75 Å². The number of halogens is 2. The monoisotopic (exact) mass is 486 g/mol. The molecule has 0 fully saturated rings. The minimum absolute atomic E-state index is 0.271. The van der Waals surface area contributed by atoms with Gasteiger partial charge in [-0.25, -0.2) is 5.43 Å². The second-order valence-corrected chi connectivity index (χ2v) is 7.49. The number of hydrogen-bond donors (Lipinski definition) is 1. The molecule has 0 saturated heterocycles. The number of nitrogens with one attached hydrogen (secondary N) is 1. The average molecular weight is 488 g/mol. The van der Waals surface area contributed by atoms with Crippen LogP contribution in [-0.2, 0) is 6.61 Å². The fourth-order valence-electron chi connectivity index (χ4n) is 2.29. The van der Waals surface area contributed by atoms with Crippen molar-refractivity contribution in [3.8, 4) is 5.75 Å². The molecule has 0 aliphatic heterocycles. The standard InChI is InChI=1S/C21H16Br2N2O2/c22-18-9-5-15(6-10-18)14-27-20-4-2-1-3-17(20)13-24-25-21(26)16-7-11-19(23)12-8-16/h1-13H,14H2,(H,25,26)/b24-13-. The van der Waals surface area contributed by atoms with Gasteiger partial charge in [0.1, 0.15) is 12.4 Å². The summed E-state index contributed by atoms with van der Waals surface area (Å²) in [5.74, 6) is 0.425. The maximum Gasteiger partial charge on any atom is 0.271 e. The smallest absolute Gasteiger partial charge is 0.271 e. The SMILES string of the molecule is O=C(N/N=C\c1ccccc1OCc1ccc(Br)cc1)c1ccc(Br)cc1. The van der Waals surface area contributed by atoms with Crippen LogP contribution in [0.2, 0.25) is 0 Å². The highest BCUT2D eigenvalue weighted by molar-refractivity contribution is 9.10. The van der Waals surface area contributed by atoms with Crippen molar-refractivity contribution in [2.24, 2.45) is 5.10 Å². The molecule has 0 aliphatic rings. The Morgan fingerprint density at radius 1 is 0.926 bits per heavy atom. The summed E-state index contributed by atoms with van der Waals surface area (Å²) in [5.41, 5.74) is 4.91. The summed E-state index contributed by atoms with van der Waals surface area (Å²) in [5, 5.41) is 4.05. The van der Waals surface area contributed by atoms with E-state index in [0.717, 1.165) is 20.1 Å². The zero-order valence-electron chi connectivity index (χ0n) is 14.2. The zero-order chi connectivity index (χ0) is 19.1. The molecule has 0 atom stereocenters. The van der Waals surface area contributed by atoms with Crippen molar-refractivity contribution >= 4 is 44.0 Å². The molecule has 4 nitrogen and oxygen atoms in total. The van der Waals surface area contributed by atoms with E-state index in [2.05, 4.69) is 42.4 Å². The Morgan fingerprint density at radius 3 is 2.26 bits per heavy atom. The van der Waals surface area contributed by atoms with Crippen LogP contribution in [0.3, 0.4) is 0 Å². The summed E-state index contributed by atoms with van der Waals surface area (Å²) in [6.07, 6.45) is 1.58. The van der Waals surface area contributed by atoms with Crippen LogP contribution >= 0.6 is 31.9 Å². The molecular weight excluding hydrogens is 472 g/mol. The quantitative estimate of drug-likeness (QED) is 0.365. The number of para-hydroxylation sites is 1. The maximum atomic E-state index is 12.1. The molecule has 27 heavy (non-hydrogen) atoms. The first kappa shape index (κ1) is 19.3. The van der Waals surface area contributed by atoms with Gasteiger partial charge in [0.05, 0.1) is 6.21 Å². The fourth-order valence-corrected chi connectivity index (χ4v) is 2.82. The lowest BCUT2D eigenvalue weighted by atomic mass is 10.2. The van der Waals surface area contributed by atoms with Crippen molar-refractivity contribution in [1.82, 2.24) is 5.43 Å². The Balaban J connectivity index is 1.62. The van der Waals surface area contributed by atoms with E-state index in [4.69, 9.17) is 4.74 Å². The van der Waals surface area contributed by atoms with Gasteiger partial charge in [-0.15, -0.1) is 0 Å². The van der Waals surface area contributed by atoms with E-state index >= 15 is 0 Å². The van der Waals surface area contributed by atoms with Gasteiger partial charge in [-0.1, -0.05) is 56.1 Å². The number of nitrogens with zero attached hydrogens (tertiary/aromatic N) is 1. The van der Waals surface area contributed by atoms with Crippen LogP contribution < -0.4 is 10.2 Å². The van der Waals surface area contributed by atoms with Crippen molar-refractivity contribution < 1.29 is 9.53 Å². The third-order valence-corrected chi connectivity index (χ3v) is 4.76. The molecular formula is C21H16Br2N2O2. The largest absolute Gasteiger partial charge is 0.488 e. The first-order valence-corrected chi connectivity index (χ1v) is 9.76. The van der Waals surface area contributed by atoms with E-state index in [1.807, 2.05) is 60.7 Å². The normalized spacial score (nSPS) is 10.7. The lowest BCUT2D eigenvalue weighted by molar-refractivity contribution is 0.0955. The van der Waals surface area contributed by atoms with Crippen molar-refractivity contribution in [3.05, 3.63) is 98.4 Å². The van der Waals surface area contributed by atoms with Crippen LogP contribution in [0.4, 0.5) is 0 Å². The molecule has 1 amide bonds. The van der Waals surface area contributed by atoms with Crippen LogP contribution in [-0.4, -0.2) is 12.1 Å². The molecule has 0 aromatic heterocycles. The Bertz CT molecular complexity index is 939. The Hall–Kier alpha value is -2.44. The van der Waals surface area contributed by atoms with Crippen molar-refractivity contribution in [3.63, 3.8) is 0 Å². The molecule has 6 heteroatoms. The Labute approximate surface area is 174 Å². The number of benzene rings is 3. The molecule has 0 spiro atoms. The average Bonchev–Trinajstić information content (AvgIpc) is 2.69. The van der Waals surface area contributed by atoms with Gasteiger partial charge in [0.15, 0.2) is 0 Å². The number of rotatable bonds is 6. The van der Waals surface area contributed by atoms with Crippen molar-refractivity contribution in [1.29, 1.82) is 0 Å². The van der Waals surface area contributed by atoms with Crippen LogP contribution in [0, 0.1) is 0 Å². The zero-order valence-corrected chi connectivity index (χ0v) is 17.4. The number of carbonyl (C=O) groups excluding carboxylic acids is 1. The summed E-state index contributed by atoms with van der Waals surface area (Å²) >= 11 is 6.76. The predicted octanol–water partition coefficient (Wildman–Crippen LogP) is 5.55. The van der Waals surface area contributed by atoms with Crippen LogP contribution in [0.25, 0.3) is 0 Å². The minimum Gasteiger partial charge on any atom is -0.488 e. The lowest BCUT2D eigenvalue weighted by Crippen LogP contribution is -2.17. The number of hydrogen-bond acceptors (Lipinski definition) is 3. The highest BCUT2D eigenvalue weighted by Crippen LogP contribution is 2.18. The molecule has 136 valence electrons. The summed E-state index contributed by atoms with van der Waals surface area (Å²) < 4.78 is 7.84. The van der Waals surface area contributed by atoms with E-state index in [9.17, 15) is 4.79 Å². The molecule has 3 rings (SSSR count). The molecule has 0 radical (unpaired) electrons. The van der Waals surface area contributed by atoms with E-state index in [0.29, 0.717) is 17.9 Å². The van der Waals surface area contributed by atoms with E-state index in [-0.39, 0.29) is 5.91 Å². The van der Waals surface area contributed by atoms with Gasteiger partial charge in [-0.05, 0) is 54.1 Å². The van der Waals surface area contributed by atoms with Crippen molar-refractivity contribution in [2.75, 3.05) is 0 Å². The van der Waals surface area contributed by atoms with Gasteiger partial charge in [0.25, 0.3) is 5.91 Å². The van der Waals surface area contributed by atoms with Gasteiger partial charge in [-0.2, -0.15) is 5.10 Å². The predicted molar refractivity (Wildman–Crippen MR) is 114 cm³/mol. The van der Waals surface area contributed by atoms with E-state index in [1.165, 1.54) is 0 Å². The highest BCUT2D eigenvalue weighted by atomic mass is 79.9.